The van der Waals surface area contributed by atoms with Crippen LogP contribution in [0.4, 0.5) is 26.0 Å². The number of pyridine rings is 2. The monoisotopic (exact) mass is 614 g/mol. The Morgan fingerprint density at radius 2 is 1.64 bits per heavy atom. The third-order valence-corrected chi connectivity index (χ3v) is 7.15. The highest BCUT2D eigenvalue weighted by Crippen LogP contribution is 2.28. The molecule has 3 aromatic heterocycles. The topological polar surface area (TPSA) is 153 Å². The van der Waals surface area contributed by atoms with E-state index in [-0.39, 0.29) is 14.2 Å². The van der Waals surface area contributed by atoms with Gasteiger partial charge in [-0.3, -0.25) is 9.78 Å². The van der Waals surface area contributed by atoms with Crippen LogP contribution in [0.2, 0.25) is 0 Å². The lowest BCUT2D eigenvalue weighted by atomic mass is 10.0. The van der Waals surface area contributed by atoms with Crippen LogP contribution in [0, 0.1) is 11.6 Å². The summed E-state index contributed by atoms with van der Waals surface area (Å²) in [4.78, 5) is 38.6. The van der Waals surface area contributed by atoms with E-state index in [2.05, 4.69) is 21.5 Å². The van der Waals surface area contributed by atoms with Gasteiger partial charge < -0.3 is 26.0 Å². The first-order chi connectivity index (χ1) is 21.0. The quantitative estimate of drug-likeness (QED) is 0.0801. The average molecular weight is 614 g/mol. The molecule has 0 fully saturated rings. The maximum atomic E-state index is 12.6. The first kappa shape index (κ1) is 34.4. The number of ketones is 1. The third-order valence-electron chi connectivity index (χ3n) is 7.15. The molecule has 0 saturated carbocycles. The molecule has 0 unspecified atom stereocenters. The summed E-state index contributed by atoms with van der Waals surface area (Å²) in [6, 6.07) is 12.9. The molecule has 10 nitrogen and oxygen atoms in total. The van der Waals surface area contributed by atoms with Crippen molar-refractivity contribution in [1.29, 1.82) is 0 Å². The lowest BCUT2D eigenvalue weighted by Gasteiger charge is -2.13. The van der Waals surface area contributed by atoms with Crippen molar-refractivity contribution in [3.05, 3.63) is 83.3 Å². The van der Waals surface area contributed by atoms with E-state index in [1.54, 1.807) is 6.20 Å². The summed E-state index contributed by atoms with van der Waals surface area (Å²) in [7, 11) is 3.97. The normalized spacial score (nSPS) is 10.7. The lowest BCUT2D eigenvalue weighted by molar-refractivity contribution is 0.0695. The van der Waals surface area contributed by atoms with E-state index in [1.165, 1.54) is 0 Å². The first-order valence-electron chi connectivity index (χ1n) is 14.2. The number of halogens is 2. The summed E-state index contributed by atoms with van der Waals surface area (Å²) in [5.41, 5.74) is 15.1. The molecule has 2 aromatic carbocycles. The van der Waals surface area contributed by atoms with Crippen molar-refractivity contribution in [2.24, 2.45) is 0 Å². The van der Waals surface area contributed by atoms with E-state index < -0.39 is 28.9 Å². The van der Waals surface area contributed by atoms with Crippen LogP contribution in [-0.4, -0.2) is 58.9 Å². The van der Waals surface area contributed by atoms with Crippen LogP contribution in [0.15, 0.2) is 54.7 Å². The number of Topliss-reactive ketones (excluding diaryl/α,β-unsaturated/α-hetero) is 1. The van der Waals surface area contributed by atoms with Gasteiger partial charge in [-0.15, -0.1) is 0 Å². The van der Waals surface area contributed by atoms with Gasteiger partial charge in [-0.1, -0.05) is 25.5 Å². The number of carbonyl (C=O) groups is 2. The summed E-state index contributed by atoms with van der Waals surface area (Å²) in [6.45, 7) is 2.91. The minimum atomic E-state index is -1.40. The molecule has 0 aliphatic carbocycles. The van der Waals surface area contributed by atoms with Crippen LogP contribution in [0.5, 0.6) is 0 Å². The Labute approximate surface area is 261 Å². The molecule has 0 spiro atoms. The van der Waals surface area contributed by atoms with Crippen molar-refractivity contribution >= 4 is 59.4 Å². The average Bonchev–Trinajstić information content (AvgIpc) is 3.39. The number of imidazole rings is 1. The lowest BCUT2D eigenvalue weighted by Crippen LogP contribution is -2.09. The predicted molar refractivity (Wildman–Crippen MR) is 174 cm³/mol. The van der Waals surface area contributed by atoms with Crippen LogP contribution in [0.1, 0.15) is 59.1 Å². The zero-order valence-electron chi connectivity index (χ0n) is 25.4. The molecule has 3 heterocycles. The number of unbranched alkanes of at least 4 members (excludes halogenated alkanes) is 2. The smallest absolute Gasteiger partial charge is 0.335 e. The number of anilines is 3. The van der Waals surface area contributed by atoms with Crippen LogP contribution in [0.25, 0.3) is 22.1 Å². The summed E-state index contributed by atoms with van der Waals surface area (Å²) < 4.78 is 27.4. The van der Waals surface area contributed by atoms with Crippen LogP contribution in [0.3, 0.4) is 0 Å². The molecule has 0 amide bonds. The standard InChI is InChI=1S/C25H30N6O.C7H5F2NO2.B/c1-4-21-29-23-24(22-19(28-25(23)26)12-9-14-27-22)31(21)15-7-5-6-13-20(32)17-10-8-11-18(16-17)30(2)3;8-4-1-3(7(11)12)2-5(9)6(4)10;/h8-12,14,16H,4-7,13,15H2,1-3H3,(H2,26,28);1-2H,10H2,(H,11,12);. The number of benzene rings is 2. The van der Waals surface area contributed by atoms with Gasteiger partial charge in [-0.05, 0) is 49.2 Å². The van der Waals surface area contributed by atoms with Gasteiger partial charge in [0, 0.05) is 59.3 Å². The Bertz CT molecular complexity index is 1810. The van der Waals surface area contributed by atoms with Gasteiger partial charge in [0.15, 0.2) is 11.6 Å². The molecule has 0 bridgehead atoms. The first-order valence-corrected chi connectivity index (χ1v) is 14.2. The number of fused-ring (bicyclic) bond motifs is 3. The second-order valence-corrected chi connectivity index (χ2v) is 10.4. The van der Waals surface area contributed by atoms with Gasteiger partial charge in [0.2, 0.25) is 0 Å². The molecule has 5 rings (SSSR count). The highest BCUT2D eigenvalue weighted by atomic mass is 19.1. The summed E-state index contributed by atoms with van der Waals surface area (Å²) in [5.74, 6) is -1.89. The molecule has 0 atom stereocenters. The zero-order valence-corrected chi connectivity index (χ0v) is 25.4. The molecule has 3 radical (unpaired) electrons. The number of hydrogen-bond donors (Lipinski definition) is 3. The molecule has 13 heteroatoms. The number of nitrogens with two attached hydrogens (primary N) is 2. The number of nitrogens with zero attached hydrogens (tertiary/aromatic N) is 5. The van der Waals surface area contributed by atoms with E-state index in [1.807, 2.05) is 55.4 Å². The Hall–Kier alpha value is -5.07. The van der Waals surface area contributed by atoms with Crippen molar-refractivity contribution in [1.82, 2.24) is 19.5 Å². The molecular weight excluding hydrogens is 579 g/mol. The van der Waals surface area contributed by atoms with E-state index >= 15 is 0 Å². The number of aromatic carboxylic acids is 1. The maximum Gasteiger partial charge on any atom is 0.335 e. The van der Waals surface area contributed by atoms with Crippen molar-refractivity contribution in [3.63, 3.8) is 0 Å². The highest BCUT2D eigenvalue weighted by Gasteiger charge is 2.17. The molecule has 45 heavy (non-hydrogen) atoms. The predicted octanol–water partition coefficient (Wildman–Crippen LogP) is 5.50. The molecule has 5 aromatic rings. The fourth-order valence-corrected chi connectivity index (χ4v) is 4.82. The summed E-state index contributed by atoms with van der Waals surface area (Å²) in [6.07, 6.45) is 5.93. The van der Waals surface area contributed by atoms with Crippen molar-refractivity contribution in [2.45, 2.75) is 45.6 Å². The zero-order chi connectivity index (χ0) is 32.0. The van der Waals surface area contributed by atoms with Crippen LogP contribution in [-0.2, 0) is 13.0 Å². The number of rotatable bonds is 10. The highest BCUT2D eigenvalue weighted by molar-refractivity contribution is 6.04. The Morgan fingerprint density at radius 1 is 0.933 bits per heavy atom. The number of hydrogen-bond acceptors (Lipinski definition) is 8. The second kappa shape index (κ2) is 15.1. The van der Waals surface area contributed by atoms with E-state index in [4.69, 9.17) is 21.6 Å². The van der Waals surface area contributed by atoms with Crippen LogP contribution >= 0.6 is 0 Å². The van der Waals surface area contributed by atoms with Crippen molar-refractivity contribution in [3.8, 4) is 0 Å². The van der Waals surface area contributed by atoms with Crippen molar-refractivity contribution < 1.29 is 23.5 Å². The number of aromatic nitrogens is 4. The van der Waals surface area contributed by atoms with Gasteiger partial charge >= 0.3 is 5.97 Å². The largest absolute Gasteiger partial charge is 0.478 e. The molecule has 233 valence electrons. The number of carbonyl (C=O) groups excluding carboxylic acids is 1. The van der Waals surface area contributed by atoms with E-state index in [0.29, 0.717) is 24.4 Å². The summed E-state index contributed by atoms with van der Waals surface area (Å²) in [5, 5.41) is 8.35. The maximum absolute atomic E-state index is 12.6. The number of nitrogen functional groups attached to an aromatic ring is 2. The van der Waals surface area contributed by atoms with Gasteiger partial charge in [0.05, 0.1) is 11.1 Å². The van der Waals surface area contributed by atoms with Gasteiger partial charge in [0.1, 0.15) is 39.7 Å². The van der Waals surface area contributed by atoms with E-state index in [0.717, 1.165) is 71.4 Å². The molecule has 0 aliphatic rings. The van der Waals surface area contributed by atoms with Gasteiger partial charge in [-0.25, -0.2) is 23.5 Å². The fourth-order valence-electron chi connectivity index (χ4n) is 4.82. The molecular formula is C32H35BF2N7O3. The van der Waals surface area contributed by atoms with Crippen molar-refractivity contribution in [2.75, 3.05) is 30.5 Å². The van der Waals surface area contributed by atoms with Gasteiger partial charge in [0.25, 0.3) is 0 Å². The molecule has 0 aliphatic heterocycles. The SMILES string of the molecule is CCc1nc2c(N)nc3cccnc3c2n1CCCCCC(=O)c1cccc(N(C)C)c1.Nc1c(F)cc(C(=O)O)cc1F.[B]. The number of carboxylic acid groups (broad SMARTS) is 1. The molecule has 5 N–H and O–H groups in total. The Morgan fingerprint density at radius 3 is 2.29 bits per heavy atom. The minimum Gasteiger partial charge on any atom is -0.478 e. The fraction of sp³-hybridized carbons (Fsp3) is 0.281. The Kier molecular flexibility index (Phi) is 11.5. The Balaban J connectivity index is 0.000000359. The minimum absolute atomic E-state index is 0. The van der Waals surface area contributed by atoms with E-state index in [9.17, 15) is 18.4 Å². The number of aryl methyl sites for hydroxylation is 2. The second-order valence-electron chi connectivity index (χ2n) is 10.4. The number of carboxylic acids is 1. The van der Waals surface area contributed by atoms with Gasteiger partial charge in [-0.2, -0.15) is 0 Å². The summed E-state index contributed by atoms with van der Waals surface area (Å²) >= 11 is 0. The third kappa shape index (κ3) is 7.91. The molecule has 0 saturated heterocycles. The van der Waals surface area contributed by atoms with Crippen LogP contribution < -0.4 is 16.4 Å².